The lowest BCUT2D eigenvalue weighted by Gasteiger charge is -2.41. The maximum Gasteiger partial charge on any atom is 0.289 e. The van der Waals surface area contributed by atoms with Crippen LogP contribution >= 0.6 is 0 Å². The molecule has 0 N–H and O–H groups in total. The van der Waals surface area contributed by atoms with Gasteiger partial charge < -0.3 is 18.8 Å². The van der Waals surface area contributed by atoms with Crippen molar-refractivity contribution in [3.05, 3.63) is 42.4 Å². The van der Waals surface area contributed by atoms with Gasteiger partial charge in [-0.2, -0.15) is 0 Å². The molecule has 2 aliphatic heterocycles. The smallest absolute Gasteiger partial charge is 0.289 e. The maximum atomic E-state index is 12.8. The molecule has 2 fully saturated rings. The molecule has 0 unspecified atom stereocenters. The van der Waals surface area contributed by atoms with Crippen molar-refractivity contribution in [2.75, 3.05) is 33.2 Å². The van der Waals surface area contributed by atoms with E-state index in [1.165, 1.54) is 32.4 Å². The summed E-state index contributed by atoms with van der Waals surface area (Å²) in [6.07, 6.45) is 11.5. The second-order valence-corrected chi connectivity index (χ2v) is 7.95. The van der Waals surface area contributed by atoms with Crippen LogP contribution in [-0.2, 0) is 6.54 Å². The van der Waals surface area contributed by atoms with Crippen LogP contribution in [0.5, 0.6) is 0 Å². The number of nitrogens with zero attached hydrogens (tertiary/aromatic N) is 4. The zero-order chi connectivity index (χ0) is 18.0. The zero-order valence-corrected chi connectivity index (χ0v) is 15.6. The molecule has 0 aromatic carbocycles. The van der Waals surface area contributed by atoms with E-state index in [0.29, 0.717) is 17.7 Å². The summed E-state index contributed by atoms with van der Waals surface area (Å²) in [5.41, 5.74) is 0.442. The Morgan fingerprint density at radius 3 is 2.73 bits per heavy atom. The molecule has 6 heteroatoms. The van der Waals surface area contributed by atoms with Crippen molar-refractivity contribution in [1.29, 1.82) is 0 Å². The first-order chi connectivity index (χ1) is 12.6. The van der Waals surface area contributed by atoms with Crippen LogP contribution in [-0.4, -0.2) is 58.5 Å². The fraction of sp³-hybridized carbons (Fsp3) is 0.600. The average Bonchev–Trinajstić information content (AvgIpc) is 3.29. The predicted octanol–water partition coefficient (Wildman–Crippen LogP) is 2.86. The summed E-state index contributed by atoms with van der Waals surface area (Å²) in [6, 6.07) is 3.69. The normalized spacial score (nSPS) is 21.0. The first-order valence-electron chi connectivity index (χ1n) is 9.66. The average molecular weight is 356 g/mol. The number of carbonyl (C=O) groups is 1. The Hall–Kier alpha value is -2.08. The van der Waals surface area contributed by atoms with Gasteiger partial charge in [0.2, 0.25) is 0 Å². The molecule has 1 amide bonds. The molecule has 140 valence electrons. The zero-order valence-electron chi connectivity index (χ0n) is 15.6. The van der Waals surface area contributed by atoms with Gasteiger partial charge in [0.15, 0.2) is 5.76 Å². The van der Waals surface area contributed by atoms with E-state index in [4.69, 9.17) is 4.42 Å². The van der Waals surface area contributed by atoms with Crippen molar-refractivity contribution in [3.8, 4) is 0 Å². The van der Waals surface area contributed by atoms with E-state index in [1.54, 1.807) is 18.6 Å². The van der Waals surface area contributed by atoms with Gasteiger partial charge in [-0.05, 0) is 69.8 Å². The third-order valence-electron chi connectivity index (χ3n) is 6.15. The standard InChI is InChI=1S/C20H28N4O2/c1-22-10-2-5-20(6-11-22)7-12-24(13-8-20)19(25)18-4-3-17(26-18)15-23-14-9-21-16-23/h3-4,9,14,16H,2,5-8,10-13,15H2,1H3. The number of piperidine rings is 1. The van der Waals surface area contributed by atoms with Gasteiger partial charge in [0.1, 0.15) is 5.76 Å². The van der Waals surface area contributed by atoms with Crippen LogP contribution in [0.4, 0.5) is 0 Å². The van der Waals surface area contributed by atoms with Crippen LogP contribution in [0.15, 0.2) is 35.3 Å². The van der Waals surface area contributed by atoms with E-state index in [9.17, 15) is 4.79 Å². The van der Waals surface area contributed by atoms with E-state index in [2.05, 4.69) is 16.9 Å². The number of furan rings is 1. The van der Waals surface area contributed by atoms with Crippen LogP contribution < -0.4 is 0 Å². The van der Waals surface area contributed by atoms with Gasteiger partial charge in [-0.3, -0.25) is 4.79 Å². The molecule has 2 aromatic rings. The third-order valence-corrected chi connectivity index (χ3v) is 6.15. The minimum Gasteiger partial charge on any atom is -0.454 e. The molecule has 4 rings (SSSR count). The number of rotatable bonds is 3. The van der Waals surface area contributed by atoms with Gasteiger partial charge >= 0.3 is 0 Å². The number of aromatic nitrogens is 2. The number of amides is 1. The number of imidazole rings is 1. The molecule has 4 heterocycles. The number of hydrogen-bond acceptors (Lipinski definition) is 4. The van der Waals surface area contributed by atoms with Gasteiger partial charge in [-0.25, -0.2) is 4.98 Å². The van der Waals surface area contributed by atoms with E-state index in [-0.39, 0.29) is 5.91 Å². The molecular formula is C20H28N4O2. The van der Waals surface area contributed by atoms with Gasteiger partial charge in [0.05, 0.1) is 12.9 Å². The second-order valence-electron chi connectivity index (χ2n) is 7.95. The Labute approximate surface area is 154 Å². The summed E-state index contributed by atoms with van der Waals surface area (Å²) in [5, 5.41) is 0. The molecule has 2 saturated heterocycles. The quantitative estimate of drug-likeness (QED) is 0.849. The largest absolute Gasteiger partial charge is 0.454 e. The SMILES string of the molecule is CN1CCCC2(CC1)CCN(C(=O)c1ccc(Cn3ccnc3)o1)CC2. The maximum absolute atomic E-state index is 12.8. The van der Waals surface area contributed by atoms with Gasteiger partial charge in [-0.1, -0.05) is 0 Å². The highest BCUT2D eigenvalue weighted by Crippen LogP contribution is 2.41. The lowest BCUT2D eigenvalue weighted by molar-refractivity contribution is 0.0512. The van der Waals surface area contributed by atoms with Crippen LogP contribution in [0.25, 0.3) is 0 Å². The first kappa shape index (κ1) is 17.3. The third kappa shape index (κ3) is 3.70. The molecule has 0 saturated carbocycles. The van der Waals surface area contributed by atoms with Crippen molar-refractivity contribution in [2.45, 2.75) is 38.6 Å². The highest BCUT2D eigenvalue weighted by Gasteiger charge is 2.37. The Kier molecular flexibility index (Phi) is 4.85. The lowest BCUT2D eigenvalue weighted by atomic mass is 9.73. The minimum atomic E-state index is 0.0301. The van der Waals surface area contributed by atoms with Crippen molar-refractivity contribution in [1.82, 2.24) is 19.4 Å². The first-order valence-corrected chi connectivity index (χ1v) is 9.66. The summed E-state index contributed by atoms with van der Waals surface area (Å²) in [5.74, 6) is 1.27. The van der Waals surface area contributed by atoms with E-state index in [0.717, 1.165) is 31.7 Å². The number of hydrogen-bond donors (Lipinski definition) is 0. The molecular weight excluding hydrogens is 328 g/mol. The summed E-state index contributed by atoms with van der Waals surface area (Å²) in [7, 11) is 2.22. The molecule has 0 radical (unpaired) electrons. The predicted molar refractivity (Wildman–Crippen MR) is 99.0 cm³/mol. The monoisotopic (exact) mass is 356 g/mol. The second kappa shape index (κ2) is 7.27. The summed E-state index contributed by atoms with van der Waals surface area (Å²) < 4.78 is 7.73. The lowest BCUT2D eigenvalue weighted by Crippen LogP contribution is -2.43. The highest BCUT2D eigenvalue weighted by atomic mass is 16.4. The van der Waals surface area contributed by atoms with Crippen molar-refractivity contribution < 1.29 is 9.21 Å². The summed E-state index contributed by atoms with van der Waals surface area (Å²) in [6.45, 7) is 4.68. The Morgan fingerprint density at radius 2 is 1.96 bits per heavy atom. The molecule has 0 atom stereocenters. The Bertz CT molecular complexity index is 729. The fourth-order valence-electron chi connectivity index (χ4n) is 4.37. The fourth-order valence-corrected chi connectivity index (χ4v) is 4.37. The Balaban J connectivity index is 1.35. The number of likely N-dealkylation sites (tertiary alicyclic amines) is 2. The van der Waals surface area contributed by atoms with E-state index in [1.807, 2.05) is 21.7 Å². The van der Waals surface area contributed by atoms with Crippen LogP contribution in [0, 0.1) is 5.41 Å². The molecule has 1 spiro atoms. The Morgan fingerprint density at radius 1 is 1.15 bits per heavy atom. The van der Waals surface area contributed by atoms with Crippen molar-refractivity contribution >= 4 is 5.91 Å². The molecule has 6 nitrogen and oxygen atoms in total. The summed E-state index contributed by atoms with van der Waals surface area (Å²) >= 11 is 0. The minimum absolute atomic E-state index is 0.0301. The van der Waals surface area contributed by atoms with Gasteiger partial charge in [-0.15, -0.1) is 0 Å². The van der Waals surface area contributed by atoms with Gasteiger partial charge in [0.25, 0.3) is 5.91 Å². The van der Waals surface area contributed by atoms with Crippen LogP contribution in [0.1, 0.15) is 48.4 Å². The molecule has 2 aliphatic rings. The van der Waals surface area contributed by atoms with E-state index < -0.39 is 0 Å². The van der Waals surface area contributed by atoms with E-state index >= 15 is 0 Å². The summed E-state index contributed by atoms with van der Waals surface area (Å²) in [4.78, 5) is 21.3. The topological polar surface area (TPSA) is 54.5 Å². The number of carbonyl (C=O) groups excluding carboxylic acids is 1. The highest BCUT2D eigenvalue weighted by molar-refractivity contribution is 5.91. The van der Waals surface area contributed by atoms with Crippen LogP contribution in [0.3, 0.4) is 0 Å². The molecule has 0 aliphatic carbocycles. The molecule has 26 heavy (non-hydrogen) atoms. The molecule has 2 aromatic heterocycles. The molecule has 0 bridgehead atoms. The van der Waals surface area contributed by atoms with Crippen molar-refractivity contribution in [3.63, 3.8) is 0 Å². The van der Waals surface area contributed by atoms with Crippen LogP contribution in [0.2, 0.25) is 0 Å². The van der Waals surface area contributed by atoms with Crippen molar-refractivity contribution in [2.24, 2.45) is 5.41 Å². The van der Waals surface area contributed by atoms with Gasteiger partial charge in [0, 0.05) is 25.5 Å².